The SMILES string of the molecule is C/C=C(/c1ccc(CC)cc1)c1cccc(/C(=C/C)c2ccc(CC)cc2)c1. The summed E-state index contributed by atoms with van der Waals surface area (Å²) in [5, 5.41) is 0. The van der Waals surface area contributed by atoms with Crippen LogP contribution in [0.4, 0.5) is 0 Å². The van der Waals surface area contributed by atoms with Gasteiger partial charge in [0.1, 0.15) is 0 Å². The lowest BCUT2D eigenvalue weighted by Gasteiger charge is -2.13. The van der Waals surface area contributed by atoms with Crippen LogP contribution < -0.4 is 0 Å². The molecule has 0 saturated carbocycles. The molecule has 0 heterocycles. The lowest BCUT2D eigenvalue weighted by Crippen LogP contribution is -1.93. The molecule has 0 aliphatic heterocycles. The van der Waals surface area contributed by atoms with Crippen molar-refractivity contribution in [3.63, 3.8) is 0 Å². The van der Waals surface area contributed by atoms with Crippen LogP contribution in [0.2, 0.25) is 0 Å². The van der Waals surface area contributed by atoms with Crippen LogP contribution in [0.25, 0.3) is 11.1 Å². The van der Waals surface area contributed by atoms with Crippen LogP contribution in [0.3, 0.4) is 0 Å². The van der Waals surface area contributed by atoms with E-state index in [2.05, 4.69) is 113 Å². The van der Waals surface area contributed by atoms with E-state index >= 15 is 0 Å². The molecule has 142 valence electrons. The molecular weight excluding hydrogens is 336 g/mol. The highest BCUT2D eigenvalue weighted by Gasteiger charge is 2.09. The number of aryl methyl sites for hydroxylation is 2. The van der Waals surface area contributed by atoms with Gasteiger partial charge >= 0.3 is 0 Å². The summed E-state index contributed by atoms with van der Waals surface area (Å²) in [5.41, 5.74) is 10.4. The topological polar surface area (TPSA) is 0 Å². The van der Waals surface area contributed by atoms with E-state index < -0.39 is 0 Å². The van der Waals surface area contributed by atoms with E-state index in [1.807, 2.05) is 0 Å². The largest absolute Gasteiger partial charge is 0.0792 e. The van der Waals surface area contributed by atoms with Crippen molar-refractivity contribution in [3.05, 3.63) is 118 Å². The predicted molar refractivity (Wildman–Crippen MR) is 124 cm³/mol. The van der Waals surface area contributed by atoms with E-state index in [1.165, 1.54) is 44.5 Å². The van der Waals surface area contributed by atoms with Crippen LogP contribution in [-0.4, -0.2) is 0 Å². The first-order valence-corrected chi connectivity index (χ1v) is 10.3. The fraction of sp³-hybridized carbons (Fsp3) is 0.214. The maximum absolute atomic E-state index is 2.31. The summed E-state index contributed by atoms with van der Waals surface area (Å²) in [5.74, 6) is 0. The molecule has 3 aromatic carbocycles. The van der Waals surface area contributed by atoms with Gasteiger partial charge in [0.25, 0.3) is 0 Å². The summed E-state index contributed by atoms with van der Waals surface area (Å²) in [4.78, 5) is 0. The Kier molecular flexibility index (Phi) is 6.66. The summed E-state index contributed by atoms with van der Waals surface area (Å²) in [6.07, 6.45) is 6.57. The summed E-state index contributed by atoms with van der Waals surface area (Å²) in [6.45, 7) is 8.63. The van der Waals surface area contributed by atoms with Gasteiger partial charge < -0.3 is 0 Å². The Morgan fingerprint density at radius 2 is 0.964 bits per heavy atom. The quantitative estimate of drug-likeness (QED) is 0.419. The monoisotopic (exact) mass is 366 g/mol. The average Bonchev–Trinajstić information content (AvgIpc) is 2.76. The highest BCUT2D eigenvalue weighted by molar-refractivity contribution is 5.85. The van der Waals surface area contributed by atoms with Gasteiger partial charge in [-0.3, -0.25) is 0 Å². The van der Waals surface area contributed by atoms with E-state index in [9.17, 15) is 0 Å². The summed E-state index contributed by atoms with van der Waals surface area (Å²) in [7, 11) is 0. The third-order valence-electron chi connectivity index (χ3n) is 5.41. The molecule has 3 aromatic rings. The van der Waals surface area contributed by atoms with Crippen molar-refractivity contribution in [2.24, 2.45) is 0 Å². The number of allylic oxidation sites excluding steroid dienone is 2. The third kappa shape index (κ3) is 4.34. The summed E-state index contributed by atoms with van der Waals surface area (Å²) < 4.78 is 0. The molecule has 0 heteroatoms. The van der Waals surface area contributed by atoms with Crippen molar-refractivity contribution in [1.82, 2.24) is 0 Å². The van der Waals surface area contributed by atoms with Crippen molar-refractivity contribution in [3.8, 4) is 0 Å². The molecule has 0 spiro atoms. The minimum Gasteiger partial charge on any atom is -0.0792 e. The second-order valence-corrected chi connectivity index (χ2v) is 7.09. The van der Waals surface area contributed by atoms with Crippen molar-refractivity contribution >= 4 is 11.1 Å². The summed E-state index contributed by atoms with van der Waals surface area (Å²) in [6, 6.07) is 26.8. The van der Waals surface area contributed by atoms with Gasteiger partial charge in [0, 0.05) is 0 Å². The minimum atomic E-state index is 1.07. The van der Waals surface area contributed by atoms with Gasteiger partial charge in [0.05, 0.1) is 0 Å². The number of rotatable bonds is 6. The number of hydrogen-bond donors (Lipinski definition) is 0. The van der Waals surface area contributed by atoms with E-state index in [0.717, 1.165) is 12.8 Å². The van der Waals surface area contributed by atoms with Crippen molar-refractivity contribution in [1.29, 1.82) is 0 Å². The Bertz CT molecular complexity index is 889. The molecule has 0 aliphatic rings. The highest BCUT2D eigenvalue weighted by atomic mass is 14.1. The van der Waals surface area contributed by atoms with Crippen LogP contribution in [0.5, 0.6) is 0 Å². The van der Waals surface area contributed by atoms with Crippen molar-refractivity contribution in [2.45, 2.75) is 40.5 Å². The molecule has 0 amide bonds. The average molecular weight is 367 g/mol. The molecule has 0 aliphatic carbocycles. The van der Waals surface area contributed by atoms with Gasteiger partial charge in [-0.15, -0.1) is 0 Å². The number of hydrogen-bond acceptors (Lipinski definition) is 0. The molecule has 28 heavy (non-hydrogen) atoms. The van der Waals surface area contributed by atoms with Crippen LogP contribution in [0, 0.1) is 0 Å². The smallest absolute Gasteiger partial charge is 0.0154 e. The molecule has 0 N–H and O–H groups in total. The molecule has 0 atom stereocenters. The highest BCUT2D eigenvalue weighted by Crippen LogP contribution is 2.29. The Morgan fingerprint density at radius 3 is 1.29 bits per heavy atom. The van der Waals surface area contributed by atoms with Gasteiger partial charge in [0.15, 0.2) is 0 Å². The third-order valence-corrected chi connectivity index (χ3v) is 5.41. The van der Waals surface area contributed by atoms with Crippen LogP contribution in [0.15, 0.2) is 84.9 Å². The first kappa shape index (κ1) is 19.9. The lowest BCUT2D eigenvalue weighted by atomic mass is 9.91. The molecule has 0 aromatic heterocycles. The van der Waals surface area contributed by atoms with E-state index in [0.29, 0.717) is 0 Å². The molecule has 0 bridgehead atoms. The lowest BCUT2D eigenvalue weighted by molar-refractivity contribution is 1.14. The zero-order valence-electron chi connectivity index (χ0n) is 17.5. The number of benzene rings is 3. The van der Waals surface area contributed by atoms with Gasteiger partial charge in [-0.25, -0.2) is 0 Å². The minimum absolute atomic E-state index is 1.07. The standard InChI is InChI=1S/C28H30/c1-5-21-12-16-23(17-13-21)27(7-3)25-10-9-11-26(20-25)28(8-4)24-18-14-22(6-2)15-19-24/h7-20H,5-6H2,1-4H3/b27-7-,28-8+. The van der Waals surface area contributed by atoms with Gasteiger partial charge in [-0.2, -0.15) is 0 Å². The molecule has 3 rings (SSSR count). The van der Waals surface area contributed by atoms with Crippen LogP contribution in [0.1, 0.15) is 61.1 Å². The normalized spacial score (nSPS) is 12.3. The van der Waals surface area contributed by atoms with Gasteiger partial charge in [0.2, 0.25) is 0 Å². The zero-order valence-corrected chi connectivity index (χ0v) is 17.5. The Hall–Kier alpha value is -2.86. The van der Waals surface area contributed by atoms with Crippen molar-refractivity contribution < 1.29 is 0 Å². The van der Waals surface area contributed by atoms with Gasteiger partial charge in [-0.1, -0.05) is 92.7 Å². The van der Waals surface area contributed by atoms with Crippen molar-refractivity contribution in [2.75, 3.05) is 0 Å². The Morgan fingerprint density at radius 1 is 0.571 bits per heavy atom. The predicted octanol–water partition coefficient (Wildman–Crippen LogP) is 7.71. The molecule has 0 saturated heterocycles. The zero-order chi connectivity index (χ0) is 19.9. The molecule has 0 nitrogen and oxygen atoms in total. The van der Waals surface area contributed by atoms with Gasteiger partial charge in [-0.05, 0) is 77.3 Å². The Balaban J connectivity index is 1.97. The maximum atomic E-state index is 2.31. The summed E-state index contributed by atoms with van der Waals surface area (Å²) >= 11 is 0. The Labute approximate surface area is 170 Å². The molecule has 0 fully saturated rings. The van der Waals surface area contributed by atoms with Crippen LogP contribution >= 0.6 is 0 Å². The second kappa shape index (κ2) is 9.37. The fourth-order valence-corrected chi connectivity index (χ4v) is 3.69. The molecular formula is C28H30. The molecule has 0 radical (unpaired) electrons. The maximum Gasteiger partial charge on any atom is -0.0154 e. The van der Waals surface area contributed by atoms with E-state index in [4.69, 9.17) is 0 Å². The van der Waals surface area contributed by atoms with E-state index in [1.54, 1.807) is 0 Å². The fourth-order valence-electron chi connectivity index (χ4n) is 3.69. The molecule has 0 unspecified atom stereocenters. The first-order chi connectivity index (χ1) is 13.7. The first-order valence-electron chi connectivity index (χ1n) is 10.3. The van der Waals surface area contributed by atoms with Crippen LogP contribution in [-0.2, 0) is 12.8 Å². The second-order valence-electron chi connectivity index (χ2n) is 7.09. The van der Waals surface area contributed by atoms with E-state index in [-0.39, 0.29) is 0 Å².